The second-order valence-electron chi connectivity index (χ2n) is 7.53. The number of rotatable bonds is 4. The van der Waals surface area contributed by atoms with E-state index in [0.29, 0.717) is 6.54 Å². The summed E-state index contributed by atoms with van der Waals surface area (Å²) in [5, 5.41) is 4.32. The molecule has 5 rings (SSSR count). The van der Waals surface area contributed by atoms with Crippen molar-refractivity contribution in [3.63, 3.8) is 0 Å². The molecular weight excluding hydrogens is 446 g/mol. The van der Waals surface area contributed by atoms with Crippen LogP contribution < -0.4 is 4.90 Å². The molecule has 4 heterocycles. The molecule has 30 heavy (non-hydrogen) atoms. The second kappa shape index (κ2) is 7.81. The Morgan fingerprint density at radius 2 is 1.93 bits per heavy atom. The van der Waals surface area contributed by atoms with Crippen LogP contribution in [0.15, 0.2) is 45.8 Å². The third-order valence-electron chi connectivity index (χ3n) is 5.57. The number of anilines is 1. The second-order valence-corrected chi connectivity index (χ2v) is 8.45. The molecule has 1 aromatic carbocycles. The first-order chi connectivity index (χ1) is 14.6. The third kappa shape index (κ3) is 3.70. The van der Waals surface area contributed by atoms with Crippen molar-refractivity contribution < 1.29 is 4.42 Å². The van der Waals surface area contributed by atoms with Crippen LogP contribution in [0.1, 0.15) is 17.1 Å². The molecule has 8 nitrogen and oxygen atoms in total. The number of fused-ring (bicyclic) bond motifs is 1. The summed E-state index contributed by atoms with van der Waals surface area (Å²) >= 11 is 3.43. The SMILES string of the molecule is Cc1ncnc(N2CCN(Cc3nc4ccc(-n5cc(Br)cn5)cc4o3)CC2)c1C. The lowest BCUT2D eigenvalue weighted by Gasteiger charge is -2.35. The zero-order chi connectivity index (χ0) is 20.7. The predicted molar refractivity (Wildman–Crippen MR) is 118 cm³/mol. The number of nitrogens with zero attached hydrogens (tertiary/aromatic N) is 7. The Kier molecular flexibility index (Phi) is 5.00. The summed E-state index contributed by atoms with van der Waals surface area (Å²) in [6.45, 7) is 8.55. The maximum Gasteiger partial charge on any atom is 0.209 e. The standard InChI is InChI=1S/C21H22BrN7O/c1-14-15(2)23-13-24-21(14)28-7-5-27(6-8-28)12-20-26-18-4-3-17(9-19(18)30-20)29-11-16(22)10-25-29/h3-4,9-11,13H,5-8,12H2,1-2H3. The summed E-state index contributed by atoms with van der Waals surface area (Å²) in [6.07, 6.45) is 5.33. The fourth-order valence-electron chi connectivity index (χ4n) is 3.77. The van der Waals surface area contributed by atoms with Crippen molar-refractivity contribution in [1.29, 1.82) is 0 Å². The van der Waals surface area contributed by atoms with Gasteiger partial charge in [-0.3, -0.25) is 4.90 Å². The molecule has 0 atom stereocenters. The van der Waals surface area contributed by atoms with Gasteiger partial charge in [0.1, 0.15) is 17.7 Å². The number of benzene rings is 1. The summed E-state index contributed by atoms with van der Waals surface area (Å²) in [4.78, 5) is 18.1. The molecule has 1 aliphatic heterocycles. The van der Waals surface area contributed by atoms with E-state index in [4.69, 9.17) is 4.42 Å². The van der Waals surface area contributed by atoms with Gasteiger partial charge in [-0.15, -0.1) is 0 Å². The summed E-state index contributed by atoms with van der Waals surface area (Å²) in [6, 6.07) is 5.95. The van der Waals surface area contributed by atoms with E-state index in [9.17, 15) is 0 Å². The number of piperazine rings is 1. The lowest BCUT2D eigenvalue weighted by molar-refractivity contribution is 0.228. The van der Waals surface area contributed by atoms with Gasteiger partial charge in [-0.2, -0.15) is 5.10 Å². The van der Waals surface area contributed by atoms with E-state index < -0.39 is 0 Å². The third-order valence-corrected chi connectivity index (χ3v) is 5.98. The fourth-order valence-corrected chi connectivity index (χ4v) is 4.05. The zero-order valence-electron chi connectivity index (χ0n) is 16.9. The minimum absolute atomic E-state index is 0.701. The van der Waals surface area contributed by atoms with Gasteiger partial charge in [0, 0.05) is 49.7 Å². The maximum absolute atomic E-state index is 6.05. The van der Waals surface area contributed by atoms with Crippen molar-refractivity contribution in [2.24, 2.45) is 0 Å². The normalized spacial score (nSPS) is 15.2. The van der Waals surface area contributed by atoms with Crippen molar-refractivity contribution in [1.82, 2.24) is 29.6 Å². The van der Waals surface area contributed by atoms with Crippen LogP contribution in [-0.4, -0.2) is 55.8 Å². The topological polar surface area (TPSA) is 76.1 Å². The number of aromatic nitrogens is 5. The number of halogens is 1. The van der Waals surface area contributed by atoms with E-state index in [1.807, 2.05) is 36.0 Å². The monoisotopic (exact) mass is 467 g/mol. The number of oxazole rings is 1. The minimum atomic E-state index is 0.701. The van der Waals surface area contributed by atoms with Crippen molar-refractivity contribution in [3.8, 4) is 5.69 Å². The molecular formula is C21H22BrN7O. The first kappa shape index (κ1) is 19.2. The van der Waals surface area contributed by atoms with Gasteiger partial charge in [0.15, 0.2) is 5.58 Å². The summed E-state index contributed by atoms with van der Waals surface area (Å²) in [5.74, 6) is 1.79. The minimum Gasteiger partial charge on any atom is -0.439 e. The van der Waals surface area contributed by atoms with Gasteiger partial charge in [-0.05, 0) is 41.9 Å². The summed E-state index contributed by atoms with van der Waals surface area (Å²) < 4.78 is 8.79. The molecule has 0 radical (unpaired) electrons. The fraction of sp³-hybridized carbons (Fsp3) is 0.333. The molecule has 1 aliphatic rings. The van der Waals surface area contributed by atoms with Crippen LogP contribution in [0.5, 0.6) is 0 Å². The van der Waals surface area contributed by atoms with Gasteiger partial charge in [0.2, 0.25) is 5.89 Å². The molecule has 3 aromatic heterocycles. The first-order valence-corrected chi connectivity index (χ1v) is 10.7. The molecule has 0 amide bonds. The molecule has 0 saturated carbocycles. The van der Waals surface area contributed by atoms with Crippen molar-refractivity contribution in [2.75, 3.05) is 31.1 Å². The number of hydrogen-bond donors (Lipinski definition) is 0. The molecule has 0 N–H and O–H groups in total. The van der Waals surface area contributed by atoms with Gasteiger partial charge < -0.3 is 9.32 Å². The van der Waals surface area contributed by atoms with Crippen molar-refractivity contribution in [2.45, 2.75) is 20.4 Å². The van der Waals surface area contributed by atoms with Crippen LogP contribution in [0.25, 0.3) is 16.8 Å². The van der Waals surface area contributed by atoms with Gasteiger partial charge in [-0.25, -0.2) is 19.6 Å². The highest BCUT2D eigenvalue weighted by Gasteiger charge is 2.21. The van der Waals surface area contributed by atoms with E-state index in [-0.39, 0.29) is 0 Å². The van der Waals surface area contributed by atoms with E-state index in [1.165, 1.54) is 0 Å². The van der Waals surface area contributed by atoms with Crippen LogP contribution in [0.2, 0.25) is 0 Å². The lowest BCUT2D eigenvalue weighted by Crippen LogP contribution is -2.46. The Morgan fingerprint density at radius 3 is 2.70 bits per heavy atom. The summed E-state index contributed by atoms with van der Waals surface area (Å²) in [5.41, 5.74) is 4.78. The summed E-state index contributed by atoms with van der Waals surface area (Å²) in [7, 11) is 0. The van der Waals surface area contributed by atoms with Gasteiger partial charge >= 0.3 is 0 Å². The van der Waals surface area contributed by atoms with Crippen LogP contribution >= 0.6 is 15.9 Å². The highest BCUT2D eigenvalue weighted by Crippen LogP contribution is 2.23. The largest absolute Gasteiger partial charge is 0.439 e. The van der Waals surface area contributed by atoms with Crippen LogP contribution in [0.3, 0.4) is 0 Å². The first-order valence-electron chi connectivity index (χ1n) is 9.92. The Hall–Kier alpha value is -2.78. The number of hydrogen-bond acceptors (Lipinski definition) is 7. The molecule has 0 unspecified atom stereocenters. The van der Waals surface area contributed by atoms with E-state index in [2.05, 4.69) is 52.7 Å². The Bertz CT molecular complexity index is 1190. The average molecular weight is 468 g/mol. The Balaban J connectivity index is 1.27. The van der Waals surface area contributed by atoms with Gasteiger partial charge in [0.05, 0.1) is 22.9 Å². The molecule has 0 spiro atoms. The van der Waals surface area contributed by atoms with E-state index in [0.717, 1.165) is 70.4 Å². The van der Waals surface area contributed by atoms with Gasteiger partial charge in [-0.1, -0.05) is 0 Å². The zero-order valence-corrected chi connectivity index (χ0v) is 18.5. The maximum atomic E-state index is 6.05. The highest BCUT2D eigenvalue weighted by atomic mass is 79.9. The molecule has 1 saturated heterocycles. The quantitative estimate of drug-likeness (QED) is 0.454. The van der Waals surface area contributed by atoms with Crippen LogP contribution in [-0.2, 0) is 6.54 Å². The van der Waals surface area contributed by atoms with E-state index >= 15 is 0 Å². The lowest BCUT2D eigenvalue weighted by atomic mass is 10.2. The molecule has 4 aromatic rings. The van der Waals surface area contributed by atoms with E-state index in [1.54, 1.807) is 12.5 Å². The molecule has 1 fully saturated rings. The predicted octanol–water partition coefficient (Wildman–Crippen LogP) is 3.51. The molecule has 0 aliphatic carbocycles. The Morgan fingerprint density at radius 1 is 1.10 bits per heavy atom. The van der Waals surface area contributed by atoms with Crippen LogP contribution in [0, 0.1) is 13.8 Å². The molecule has 154 valence electrons. The van der Waals surface area contributed by atoms with Gasteiger partial charge in [0.25, 0.3) is 0 Å². The molecule has 9 heteroatoms. The smallest absolute Gasteiger partial charge is 0.209 e. The molecule has 0 bridgehead atoms. The van der Waals surface area contributed by atoms with Crippen molar-refractivity contribution in [3.05, 3.63) is 58.5 Å². The highest BCUT2D eigenvalue weighted by molar-refractivity contribution is 9.10. The number of aryl methyl sites for hydroxylation is 1. The van der Waals surface area contributed by atoms with Crippen LogP contribution in [0.4, 0.5) is 5.82 Å². The van der Waals surface area contributed by atoms with Crippen molar-refractivity contribution >= 4 is 32.8 Å². The Labute approximate surface area is 182 Å². The average Bonchev–Trinajstić information content (AvgIpc) is 3.35.